The second kappa shape index (κ2) is 8.57. The van der Waals surface area contributed by atoms with E-state index in [0.29, 0.717) is 25.3 Å². The van der Waals surface area contributed by atoms with Crippen molar-refractivity contribution in [2.75, 3.05) is 6.61 Å². The number of nitrogens with zero attached hydrogens (tertiary/aromatic N) is 2. The summed E-state index contributed by atoms with van der Waals surface area (Å²) in [5.41, 5.74) is 0.955. The van der Waals surface area contributed by atoms with Crippen molar-refractivity contribution in [3.63, 3.8) is 0 Å². The van der Waals surface area contributed by atoms with Gasteiger partial charge in [-0.3, -0.25) is 14.3 Å². The van der Waals surface area contributed by atoms with E-state index in [1.54, 1.807) is 35.3 Å². The van der Waals surface area contributed by atoms with Crippen LogP contribution < -0.4 is 10.1 Å². The fourth-order valence-electron chi connectivity index (χ4n) is 1.91. The molecule has 7 nitrogen and oxygen atoms in total. The van der Waals surface area contributed by atoms with Gasteiger partial charge in [-0.1, -0.05) is 12.1 Å². The summed E-state index contributed by atoms with van der Waals surface area (Å²) in [6.45, 7) is 0.990. The van der Waals surface area contributed by atoms with Gasteiger partial charge in [-0.2, -0.15) is 5.10 Å². The molecule has 0 aliphatic carbocycles. The summed E-state index contributed by atoms with van der Waals surface area (Å²) < 4.78 is 7.00. The molecule has 0 saturated heterocycles. The van der Waals surface area contributed by atoms with Gasteiger partial charge in [-0.25, -0.2) is 0 Å². The van der Waals surface area contributed by atoms with E-state index in [0.717, 1.165) is 5.56 Å². The van der Waals surface area contributed by atoms with E-state index in [4.69, 9.17) is 9.84 Å². The van der Waals surface area contributed by atoms with Crippen LogP contribution in [0.5, 0.6) is 5.75 Å². The van der Waals surface area contributed by atoms with Gasteiger partial charge in [0, 0.05) is 25.4 Å². The Morgan fingerprint density at radius 3 is 2.70 bits per heavy atom. The van der Waals surface area contributed by atoms with E-state index < -0.39 is 5.97 Å². The van der Waals surface area contributed by atoms with Crippen LogP contribution in [0.4, 0.5) is 0 Å². The molecule has 2 N–H and O–H groups in total. The molecule has 0 fully saturated rings. The minimum absolute atomic E-state index is 0.0976. The van der Waals surface area contributed by atoms with Crippen molar-refractivity contribution in [2.45, 2.75) is 25.9 Å². The molecular weight excluding hydrogens is 298 g/mol. The molecular formula is C16H19N3O4. The van der Waals surface area contributed by atoms with Crippen LogP contribution in [-0.2, 0) is 22.7 Å². The number of ether oxygens (including phenoxy) is 1. The molecule has 0 radical (unpaired) electrons. The number of aromatic nitrogens is 2. The van der Waals surface area contributed by atoms with E-state index in [1.807, 2.05) is 12.1 Å². The monoisotopic (exact) mass is 317 g/mol. The van der Waals surface area contributed by atoms with Crippen molar-refractivity contribution < 1.29 is 19.4 Å². The zero-order chi connectivity index (χ0) is 16.5. The van der Waals surface area contributed by atoms with E-state index in [-0.39, 0.29) is 18.9 Å². The van der Waals surface area contributed by atoms with Gasteiger partial charge >= 0.3 is 5.97 Å². The van der Waals surface area contributed by atoms with Crippen LogP contribution in [0.25, 0.3) is 0 Å². The van der Waals surface area contributed by atoms with Crippen LogP contribution in [0, 0.1) is 0 Å². The summed E-state index contributed by atoms with van der Waals surface area (Å²) in [7, 11) is 0. The summed E-state index contributed by atoms with van der Waals surface area (Å²) in [5.74, 6) is -0.250. The van der Waals surface area contributed by atoms with E-state index in [2.05, 4.69) is 10.4 Å². The number of hydrogen-bond donors (Lipinski definition) is 2. The number of hydrogen-bond acceptors (Lipinski definition) is 4. The first-order valence-electron chi connectivity index (χ1n) is 7.31. The van der Waals surface area contributed by atoms with Crippen molar-refractivity contribution in [3.8, 4) is 5.75 Å². The Labute approximate surface area is 133 Å². The number of rotatable bonds is 9. The quantitative estimate of drug-likeness (QED) is 0.683. The number of aliphatic carboxylic acids is 1. The van der Waals surface area contributed by atoms with Crippen LogP contribution in [0.15, 0.2) is 42.7 Å². The summed E-state index contributed by atoms with van der Waals surface area (Å²) in [6, 6.07) is 9.09. The highest BCUT2D eigenvalue weighted by Crippen LogP contribution is 2.12. The molecule has 1 amide bonds. The van der Waals surface area contributed by atoms with Gasteiger partial charge in [0.1, 0.15) is 12.3 Å². The van der Waals surface area contributed by atoms with Crippen molar-refractivity contribution >= 4 is 11.9 Å². The highest BCUT2D eigenvalue weighted by Gasteiger charge is 2.03. The Bertz CT molecular complexity index is 623. The van der Waals surface area contributed by atoms with Gasteiger partial charge in [0.25, 0.3) is 0 Å². The van der Waals surface area contributed by atoms with E-state index in [1.165, 1.54) is 0 Å². The Hall–Kier alpha value is -2.83. The molecule has 23 heavy (non-hydrogen) atoms. The standard InChI is InChI=1S/C16H19N3O4/c20-15(12-19-9-2-8-18-19)17-11-13-4-6-14(7-5-13)23-10-1-3-16(21)22/h2,4-9H,1,3,10-12H2,(H,17,20)(H,21,22). The largest absolute Gasteiger partial charge is 0.494 e. The predicted octanol–water partition coefficient (Wildman–Crippen LogP) is 1.44. The van der Waals surface area contributed by atoms with Crippen LogP contribution >= 0.6 is 0 Å². The summed E-state index contributed by atoms with van der Waals surface area (Å²) in [6.07, 6.45) is 3.93. The highest BCUT2D eigenvalue weighted by molar-refractivity contribution is 5.75. The predicted molar refractivity (Wildman–Crippen MR) is 82.9 cm³/mol. The average molecular weight is 317 g/mol. The molecule has 0 atom stereocenters. The molecule has 0 saturated carbocycles. The van der Waals surface area contributed by atoms with Crippen molar-refractivity contribution in [1.29, 1.82) is 0 Å². The molecule has 1 heterocycles. The second-order valence-corrected chi connectivity index (χ2v) is 4.97. The number of benzene rings is 1. The Kier molecular flexibility index (Phi) is 6.17. The fourth-order valence-corrected chi connectivity index (χ4v) is 1.91. The topological polar surface area (TPSA) is 93.5 Å². The maximum atomic E-state index is 11.7. The maximum Gasteiger partial charge on any atom is 0.303 e. The second-order valence-electron chi connectivity index (χ2n) is 4.97. The molecule has 0 aliphatic heterocycles. The SMILES string of the molecule is O=C(O)CCCOc1ccc(CNC(=O)Cn2cccn2)cc1. The molecule has 122 valence electrons. The van der Waals surface area contributed by atoms with Crippen molar-refractivity contribution in [1.82, 2.24) is 15.1 Å². The first-order chi connectivity index (χ1) is 11.1. The first-order valence-corrected chi connectivity index (χ1v) is 7.31. The molecule has 0 spiro atoms. The zero-order valence-electron chi connectivity index (χ0n) is 12.6. The van der Waals surface area contributed by atoms with E-state index in [9.17, 15) is 9.59 Å². The number of carboxylic acid groups (broad SMARTS) is 1. The molecule has 0 bridgehead atoms. The lowest BCUT2D eigenvalue weighted by Crippen LogP contribution is -2.27. The zero-order valence-corrected chi connectivity index (χ0v) is 12.6. The van der Waals surface area contributed by atoms with Crippen LogP contribution in [0.2, 0.25) is 0 Å². The molecule has 1 aromatic heterocycles. The minimum atomic E-state index is -0.824. The van der Waals surface area contributed by atoms with Crippen LogP contribution in [0.3, 0.4) is 0 Å². The third-order valence-corrected chi connectivity index (χ3v) is 3.08. The number of carbonyl (C=O) groups is 2. The van der Waals surface area contributed by atoms with Gasteiger partial charge < -0.3 is 15.2 Å². The number of carbonyl (C=O) groups excluding carboxylic acids is 1. The lowest BCUT2D eigenvalue weighted by molar-refractivity contribution is -0.137. The molecule has 2 rings (SSSR count). The third-order valence-electron chi connectivity index (χ3n) is 3.08. The number of nitrogens with one attached hydrogen (secondary N) is 1. The highest BCUT2D eigenvalue weighted by atomic mass is 16.5. The smallest absolute Gasteiger partial charge is 0.303 e. The average Bonchev–Trinajstić information content (AvgIpc) is 3.03. The molecule has 0 unspecified atom stereocenters. The molecule has 0 aliphatic rings. The van der Waals surface area contributed by atoms with Gasteiger partial charge in [-0.05, 0) is 30.2 Å². The number of amides is 1. The van der Waals surface area contributed by atoms with Gasteiger partial charge in [0.15, 0.2) is 0 Å². The Morgan fingerprint density at radius 1 is 1.26 bits per heavy atom. The lowest BCUT2D eigenvalue weighted by atomic mass is 10.2. The molecule has 2 aromatic rings. The Balaban J connectivity index is 1.70. The van der Waals surface area contributed by atoms with Crippen molar-refractivity contribution in [2.24, 2.45) is 0 Å². The first kappa shape index (κ1) is 16.5. The molecule has 7 heteroatoms. The van der Waals surface area contributed by atoms with Crippen LogP contribution in [0.1, 0.15) is 18.4 Å². The summed E-state index contributed by atoms with van der Waals surface area (Å²) in [4.78, 5) is 22.1. The number of carboxylic acids is 1. The summed E-state index contributed by atoms with van der Waals surface area (Å²) in [5, 5.41) is 15.3. The van der Waals surface area contributed by atoms with Gasteiger partial charge in [0.05, 0.1) is 6.61 Å². The van der Waals surface area contributed by atoms with Gasteiger partial charge in [-0.15, -0.1) is 0 Å². The van der Waals surface area contributed by atoms with Gasteiger partial charge in [0.2, 0.25) is 5.91 Å². The maximum absolute atomic E-state index is 11.7. The van der Waals surface area contributed by atoms with E-state index >= 15 is 0 Å². The van der Waals surface area contributed by atoms with Crippen LogP contribution in [-0.4, -0.2) is 33.4 Å². The molecule has 1 aromatic carbocycles. The fraction of sp³-hybridized carbons (Fsp3) is 0.312. The third kappa shape index (κ3) is 6.21. The minimum Gasteiger partial charge on any atom is -0.494 e. The normalized spacial score (nSPS) is 10.3. The lowest BCUT2D eigenvalue weighted by Gasteiger charge is -2.08. The summed E-state index contributed by atoms with van der Waals surface area (Å²) >= 11 is 0. The van der Waals surface area contributed by atoms with Crippen molar-refractivity contribution in [3.05, 3.63) is 48.3 Å². The Morgan fingerprint density at radius 2 is 2.04 bits per heavy atom.